The normalized spacial score (nSPS) is 24.0. The van der Waals surface area contributed by atoms with E-state index in [1.54, 1.807) is 0 Å². The summed E-state index contributed by atoms with van der Waals surface area (Å²) in [5.41, 5.74) is 0.440. The van der Waals surface area contributed by atoms with Gasteiger partial charge < -0.3 is 10.2 Å². The van der Waals surface area contributed by atoms with E-state index < -0.39 is 0 Å². The van der Waals surface area contributed by atoms with E-state index in [2.05, 4.69) is 45.0 Å². The molecule has 1 saturated heterocycles. The highest BCUT2D eigenvalue weighted by molar-refractivity contribution is 4.85. The first-order chi connectivity index (χ1) is 7.95. The predicted molar refractivity (Wildman–Crippen MR) is 76.3 cm³/mol. The molecule has 0 aliphatic carbocycles. The van der Waals surface area contributed by atoms with Crippen molar-refractivity contribution in [1.29, 1.82) is 0 Å². The van der Waals surface area contributed by atoms with E-state index in [4.69, 9.17) is 0 Å². The second-order valence-electron chi connectivity index (χ2n) is 6.74. The average molecular weight is 240 g/mol. The van der Waals surface area contributed by atoms with E-state index in [0.29, 0.717) is 5.41 Å². The predicted octanol–water partition coefficient (Wildman–Crippen LogP) is 2.99. The van der Waals surface area contributed by atoms with Crippen molar-refractivity contribution in [3.8, 4) is 0 Å². The fourth-order valence-electron chi connectivity index (χ4n) is 3.07. The maximum absolute atomic E-state index is 3.55. The van der Waals surface area contributed by atoms with Crippen LogP contribution in [0.5, 0.6) is 0 Å². The Hall–Kier alpha value is -0.0800. The molecule has 0 amide bonds. The van der Waals surface area contributed by atoms with Crippen LogP contribution in [0.4, 0.5) is 0 Å². The molecule has 1 fully saturated rings. The summed E-state index contributed by atoms with van der Waals surface area (Å²) in [5.74, 6) is 1.66. The van der Waals surface area contributed by atoms with Crippen molar-refractivity contribution in [3.63, 3.8) is 0 Å². The number of piperidine rings is 1. The molecule has 0 aromatic carbocycles. The number of hydrogen-bond donors (Lipinski definition) is 1. The van der Waals surface area contributed by atoms with E-state index in [1.165, 1.54) is 45.4 Å². The van der Waals surface area contributed by atoms with Gasteiger partial charge >= 0.3 is 0 Å². The summed E-state index contributed by atoms with van der Waals surface area (Å²) < 4.78 is 0. The maximum Gasteiger partial charge on any atom is 0.00329 e. The van der Waals surface area contributed by atoms with Crippen LogP contribution in [0.15, 0.2) is 0 Å². The monoisotopic (exact) mass is 240 g/mol. The van der Waals surface area contributed by atoms with E-state index in [0.717, 1.165) is 11.8 Å². The van der Waals surface area contributed by atoms with Crippen molar-refractivity contribution in [2.24, 2.45) is 17.3 Å². The van der Waals surface area contributed by atoms with Crippen LogP contribution in [0.1, 0.15) is 47.0 Å². The molecule has 2 heteroatoms. The lowest BCUT2D eigenvalue weighted by molar-refractivity contribution is 0.107. The van der Waals surface area contributed by atoms with Gasteiger partial charge in [0, 0.05) is 13.1 Å². The zero-order valence-corrected chi connectivity index (χ0v) is 12.6. The van der Waals surface area contributed by atoms with E-state index >= 15 is 0 Å². The number of nitrogens with zero attached hydrogens (tertiary/aromatic N) is 1. The zero-order chi connectivity index (χ0) is 12.9. The van der Waals surface area contributed by atoms with Gasteiger partial charge in [-0.1, -0.05) is 34.1 Å². The summed E-state index contributed by atoms with van der Waals surface area (Å²) in [6, 6.07) is 0. The molecule has 1 rings (SSSR count). The third-order valence-electron chi connectivity index (χ3n) is 4.40. The molecule has 2 atom stereocenters. The minimum absolute atomic E-state index is 0.440. The van der Waals surface area contributed by atoms with Gasteiger partial charge in [-0.15, -0.1) is 0 Å². The van der Waals surface area contributed by atoms with Crippen LogP contribution in [0.2, 0.25) is 0 Å². The zero-order valence-electron chi connectivity index (χ0n) is 12.6. The highest BCUT2D eigenvalue weighted by atomic mass is 15.1. The second-order valence-corrected chi connectivity index (χ2v) is 6.74. The van der Waals surface area contributed by atoms with Crippen molar-refractivity contribution < 1.29 is 0 Å². The van der Waals surface area contributed by atoms with Crippen LogP contribution in [-0.2, 0) is 0 Å². The van der Waals surface area contributed by atoms with Crippen molar-refractivity contribution in [3.05, 3.63) is 0 Å². The third-order valence-corrected chi connectivity index (χ3v) is 4.40. The quantitative estimate of drug-likeness (QED) is 0.768. The Morgan fingerprint density at radius 1 is 1.41 bits per heavy atom. The van der Waals surface area contributed by atoms with Crippen LogP contribution in [0.3, 0.4) is 0 Å². The van der Waals surface area contributed by atoms with E-state index in [1.807, 2.05) is 0 Å². The second kappa shape index (κ2) is 6.75. The molecule has 0 aromatic heterocycles. The van der Waals surface area contributed by atoms with Gasteiger partial charge in [0.25, 0.3) is 0 Å². The molecule has 1 aliphatic rings. The molecular weight excluding hydrogens is 208 g/mol. The smallest absolute Gasteiger partial charge is 0.00329 e. The molecule has 0 bridgehead atoms. The molecule has 102 valence electrons. The molecule has 17 heavy (non-hydrogen) atoms. The summed E-state index contributed by atoms with van der Waals surface area (Å²) in [7, 11) is 2.28. The maximum atomic E-state index is 3.55. The summed E-state index contributed by atoms with van der Waals surface area (Å²) >= 11 is 0. The van der Waals surface area contributed by atoms with Crippen LogP contribution >= 0.6 is 0 Å². The molecule has 0 spiro atoms. The molecule has 2 nitrogen and oxygen atoms in total. The Labute approximate surface area is 108 Å². The molecule has 0 saturated carbocycles. The third kappa shape index (κ3) is 4.97. The van der Waals surface area contributed by atoms with Gasteiger partial charge in [-0.2, -0.15) is 0 Å². The summed E-state index contributed by atoms with van der Waals surface area (Å²) in [6.07, 6.45) is 4.04. The SMILES string of the molecule is CCC(C)CN(C)CC(C)(C)C1CCCNC1. The lowest BCUT2D eigenvalue weighted by Crippen LogP contribution is -2.44. The molecular formula is C15H32N2. The molecule has 1 aliphatic heterocycles. The van der Waals surface area contributed by atoms with Gasteiger partial charge in [0.2, 0.25) is 0 Å². The Morgan fingerprint density at radius 3 is 2.65 bits per heavy atom. The highest BCUT2D eigenvalue weighted by Crippen LogP contribution is 2.32. The number of rotatable bonds is 6. The van der Waals surface area contributed by atoms with Gasteiger partial charge in [-0.05, 0) is 50.2 Å². The standard InChI is InChI=1S/C15H32N2/c1-6-13(2)11-17(5)12-15(3,4)14-8-7-9-16-10-14/h13-14,16H,6-12H2,1-5H3. The Balaban J connectivity index is 2.41. The van der Waals surface area contributed by atoms with Gasteiger partial charge in [-0.25, -0.2) is 0 Å². The Morgan fingerprint density at radius 2 is 2.12 bits per heavy atom. The number of hydrogen-bond acceptors (Lipinski definition) is 2. The Bertz CT molecular complexity index is 207. The van der Waals surface area contributed by atoms with Crippen LogP contribution < -0.4 is 5.32 Å². The van der Waals surface area contributed by atoms with Crippen LogP contribution in [-0.4, -0.2) is 38.1 Å². The van der Waals surface area contributed by atoms with Crippen molar-refractivity contribution >= 4 is 0 Å². The topological polar surface area (TPSA) is 15.3 Å². The molecule has 1 N–H and O–H groups in total. The number of nitrogens with one attached hydrogen (secondary N) is 1. The van der Waals surface area contributed by atoms with Crippen molar-refractivity contribution in [2.75, 3.05) is 33.2 Å². The Kier molecular flexibility index (Phi) is 5.94. The molecule has 0 aromatic rings. The van der Waals surface area contributed by atoms with Gasteiger partial charge in [0.15, 0.2) is 0 Å². The molecule has 1 heterocycles. The van der Waals surface area contributed by atoms with Crippen LogP contribution in [0.25, 0.3) is 0 Å². The van der Waals surface area contributed by atoms with Gasteiger partial charge in [0.1, 0.15) is 0 Å². The van der Waals surface area contributed by atoms with Gasteiger partial charge in [0.05, 0.1) is 0 Å². The first-order valence-corrected chi connectivity index (χ1v) is 7.35. The lowest BCUT2D eigenvalue weighted by Gasteiger charge is -2.40. The van der Waals surface area contributed by atoms with Crippen LogP contribution in [0, 0.1) is 17.3 Å². The minimum Gasteiger partial charge on any atom is -0.316 e. The summed E-state index contributed by atoms with van der Waals surface area (Å²) in [6.45, 7) is 14.4. The lowest BCUT2D eigenvalue weighted by atomic mass is 9.74. The first-order valence-electron chi connectivity index (χ1n) is 7.35. The van der Waals surface area contributed by atoms with E-state index in [9.17, 15) is 0 Å². The van der Waals surface area contributed by atoms with Crippen molar-refractivity contribution in [1.82, 2.24) is 10.2 Å². The molecule has 2 unspecified atom stereocenters. The summed E-state index contributed by atoms with van der Waals surface area (Å²) in [4.78, 5) is 2.53. The fraction of sp³-hybridized carbons (Fsp3) is 1.00. The van der Waals surface area contributed by atoms with E-state index in [-0.39, 0.29) is 0 Å². The largest absolute Gasteiger partial charge is 0.316 e. The van der Waals surface area contributed by atoms with Crippen molar-refractivity contribution in [2.45, 2.75) is 47.0 Å². The minimum atomic E-state index is 0.440. The average Bonchev–Trinajstić information content (AvgIpc) is 2.29. The molecule has 0 radical (unpaired) electrons. The summed E-state index contributed by atoms with van der Waals surface area (Å²) in [5, 5.41) is 3.55. The van der Waals surface area contributed by atoms with Gasteiger partial charge in [-0.3, -0.25) is 0 Å². The first kappa shape index (κ1) is 15.0. The highest BCUT2D eigenvalue weighted by Gasteiger charge is 2.31. The fourth-order valence-corrected chi connectivity index (χ4v) is 3.07.